The molecule has 5 heteroatoms. The van der Waals surface area contributed by atoms with E-state index >= 15 is 0 Å². The van der Waals surface area contributed by atoms with E-state index in [-0.39, 0.29) is 5.69 Å². The highest BCUT2D eigenvalue weighted by Gasteiger charge is 2.11. The minimum atomic E-state index is -0.403. The van der Waals surface area contributed by atoms with Crippen molar-refractivity contribution in [2.45, 2.75) is 6.92 Å². The quantitative estimate of drug-likeness (QED) is 0.454. The Morgan fingerprint density at radius 1 is 1.53 bits per heavy atom. The van der Waals surface area contributed by atoms with Crippen molar-refractivity contribution >= 4 is 5.69 Å². The fraction of sp³-hybridized carbons (Fsp3) is 0.400. The summed E-state index contributed by atoms with van der Waals surface area (Å²) in [6.45, 7) is 2.91. The normalized spacial score (nSPS) is 10.0. The molecule has 0 atom stereocenters. The van der Waals surface area contributed by atoms with Crippen LogP contribution in [0.4, 0.5) is 5.69 Å². The molecule has 82 valence electrons. The zero-order valence-electron chi connectivity index (χ0n) is 8.82. The first kappa shape index (κ1) is 11.5. The highest BCUT2D eigenvalue weighted by atomic mass is 16.6. The number of nitrogens with one attached hydrogen (secondary N) is 1. The predicted octanol–water partition coefficient (Wildman–Crippen LogP) is 1.50. The van der Waals surface area contributed by atoms with Crippen LogP contribution in [0.15, 0.2) is 18.2 Å². The van der Waals surface area contributed by atoms with Crippen LogP contribution < -0.4 is 10.1 Å². The van der Waals surface area contributed by atoms with Crippen LogP contribution in [0.2, 0.25) is 0 Å². The second-order valence-corrected chi connectivity index (χ2v) is 3.16. The molecule has 1 N–H and O–H groups in total. The summed E-state index contributed by atoms with van der Waals surface area (Å²) in [5, 5.41) is 13.6. The van der Waals surface area contributed by atoms with E-state index in [1.54, 1.807) is 19.1 Å². The summed E-state index contributed by atoms with van der Waals surface area (Å²) in [6, 6.07) is 4.87. The third-order valence-corrected chi connectivity index (χ3v) is 2.00. The second kappa shape index (κ2) is 5.31. The Morgan fingerprint density at radius 3 is 2.87 bits per heavy atom. The number of aryl methyl sites for hydroxylation is 1. The molecule has 0 aromatic heterocycles. The minimum Gasteiger partial charge on any atom is -0.492 e. The maximum absolute atomic E-state index is 10.6. The van der Waals surface area contributed by atoms with Crippen molar-refractivity contribution in [1.29, 1.82) is 0 Å². The van der Waals surface area contributed by atoms with Crippen molar-refractivity contribution in [1.82, 2.24) is 5.32 Å². The van der Waals surface area contributed by atoms with E-state index in [9.17, 15) is 10.1 Å². The first-order valence-corrected chi connectivity index (χ1v) is 4.67. The molecule has 1 rings (SSSR count). The third kappa shape index (κ3) is 3.21. The lowest BCUT2D eigenvalue weighted by Gasteiger charge is -2.06. The first-order chi connectivity index (χ1) is 7.15. The van der Waals surface area contributed by atoms with Crippen molar-refractivity contribution in [2.24, 2.45) is 0 Å². The zero-order chi connectivity index (χ0) is 11.3. The van der Waals surface area contributed by atoms with Gasteiger partial charge in [-0.05, 0) is 26.1 Å². The second-order valence-electron chi connectivity index (χ2n) is 3.16. The van der Waals surface area contributed by atoms with Crippen molar-refractivity contribution < 1.29 is 9.66 Å². The first-order valence-electron chi connectivity index (χ1n) is 4.67. The van der Waals surface area contributed by atoms with Gasteiger partial charge in [0.1, 0.15) is 12.4 Å². The molecular weight excluding hydrogens is 196 g/mol. The van der Waals surface area contributed by atoms with Crippen LogP contribution in [-0.2, 0) is 0 Å². The molecule has 15 heavy (non-hydrogen) atoms. The number of ether oxygens (including phenoxy) is 1. The molecule has 0 radical (unpaired) electrons. The van der Waals surface area contributed by atoms with E-state index in [1.165, 1.54) is 6.07 Å². The maximum atomic E-state index is 10.6. The van der Waals surface area contributed by atoms with E-state index in [1.807, 2.05) is 7.05 Å². The van der Waals surface area contributed by atoms with Crippen molar-refractivity contribution in [3.05, 3.63) is 33.9 Å². The molecule has 0 unspecified atom stereocenters. The summed E-state index contributed by atoms with van der Waals surface area (Å²) in [4.78, 5) is 10.2. The van der Waals surface area contributed by atoms with Gasteiger partial charge >= 0.3 is 0 Å². The van der Waals surface area contributed by atoms with Gasteiger partial charge in [0.05, 0.1) is 11.0 Å². The van der Waals surface area contributed by atoms with Gasteiger partial charge in [-0.15, -0.1) is 0 Å². The predicted molar refractivity (Wildman–Crippen MR) is 57.3 cm³/mol. The van der Waals surface area contributed by atoms with Crippen LogP contribution in [0, 0.1) is 17.0 Å². The molecule has 1 aromatic rings. The van der Waals surface area contributed by atoms with Gasteiger partial charge < -0.3 is 10.1 Å². The summed E-state index contributed by atoms with van der Waals surface area (Å²) in [6.07, 6.45) is 0. The van der Waals surface area contributed by atoms with Crippen molar-refractivity contribution in [3.8, 4) is 5.75 Å². The van der Waals surface area contributed by atoms with Gasteiger partial charge in [-0.3, -0.25) is 10.1 Å². The Bertz CT molecular complexity index is 353. The fourth-order valence-corrected chi connectivity index (χ4v) is 1.15. The maximum Gasteiger partial charge on any atom is 0.276 e. The molecule has 1 aromatic carbocycles. The van der Waals surface area contributed by atoms with Gasteiger partial charge in [0.25, 0.3) is 5.69 Å². The molecule has 0 heterocycles. The smallest absolute Gasteiger partial charge is 0.276 e. The lowest BCUT2D eigenvalue weighted by molar-refractivity contribution is -0.385. The summed E-state index contributed by atoms with van der Waals surface area (Å²) in [7, 11) is 1.82. The monoisotopic (exact) mass is 210 g/mol. The highest BCUT2D eigenvalue weighted by Crippen LogP contribution is 2.23. The van der Waals surface area contributed by atoms with Gasteiger partial charge in [-0.25, -0.2) is 0 Å². The van der Waals surface area contributed by atoms with Crippen molar-refractivity contribution in [2.75, 3.05) is 20.2 Å². The number of hydrogen-bond acceptors (Lipinski definition) is 4. The Balaban J connectivity index is 2.74. The number of benzene rings is 1. The van der Waals surface area contributed by atoms with Crippen LogP contribution in [0.3, 0.4) is 0 Å². The number of likely N-dealkylation sites (N-methyl/N-ethyl adjacent to an activating group) is 1. The van der Waals surface area contributed by atoms with Crippen LogP contribution in [-0.4, -0.2) is 25.1 Å². The standard InChI is InChI=1S/C10H14N2O3/c1-8-3-4-9(15-6-5-11-2)7-10(8)12(13)14/h3-4,7,11H,5-6H2,1-2H3. The fourth-order valence-electron chi connectivity index (χ4n) is 1.15. The van der Waals surface area contributed by atoms with Crippen LogP contribution in [0.1, 0.15) is 5.56 Å². The molecule has 0 aliphatic rings. The van der Waals surface area contributed by atoms with Gasteiger partial charge in [-0.1, -0.05) is 0 Å². The van der Waals surface area contributed by atoms with E-state index in [0.29, 0.717) is 24.5 Å². The molecule has 0 aliphatic heterocycles. The van der Waals surface area contributed by atoms with Crippen molar-refractivity contribution in [3.63, 3.8) is 0 Å². The number of nitrogens with zero attached hydrogens (tertiary/aromatic N) is 1. The molecular formula is C10H14N2O3. The summed E-state index contributed by atoms with van der Waals surface area (Å²) in [5.74, 6) is 0.530. The Labute approximate surface area is 88.2 Å². The van der Waals surface area contributed by atoms with E-state index in [0.717, 1.165) is 0 Å². The van der Waals surface area contributed by atoms with E-state index in [2.05, 4.69) is 5.32 Å². The topological polar surface area (TPSA) is 64.4 Å². The molecule has 0 aliphatic carbocycles. The number of nitro groups is 1. The SMILES string of the molecule is CNCCOc1ccc(C)c([N+](=O)[O-])c1. The number of hydrogen-bond donors (Lipinski definition) is 1. The summed E-state index contributed by atoms with van der Waals surface area (Å²) in [5.41, 5.74) is 0.734. The lowest BCUT2D eigenvalue weighted by atomic mass is 10.2. The number of rotatable bonds is 5. The molecule has 0 amide bonds. The van der Waals surface area contributed by atoms with Gasteiger partial charge in [-0.2, -0.15) is 0 Å². The Hall–Kier alpha value is -1.62. The minimum absolute atomic E-state index is 0.0944. The molecule has 5 nitrogen and oxygen atoms in total. The molecule has 0 spiro atoms. The number of nitro benzene ring substituents is 1. The van der Waals surface area contributed by atoms with Gasteiger partial charge in [0, 0.05) is 12.1 Å². The lowest BCUT2D eigenvalue weighted by Crippen LogP contribution is -2.15. The Morgan fingerprint density at radius 2 is 2.27 bits per heavy atom. The largest absolute Gasteiger partial charge is 0.492 e. The highest BCUT2D eigenvalue weighted by molar-refractivity contribution is 5.45. The average molecular weight is 210 g/mol. The van der Waals surface area contributed by atoms with E-state index < -0.39 is 4.92 Å². The molecule has 0 fully saturated rings. The van der Waals surface area contributed by atoms with Gasteiger partial charge in [0.2, 0.25) is 0 Å². The average Bonchev–Trinajstić information content (AvgIpc) is 2.20. The zero-order valence-corrected chi connectivity index (χ0v) is 8.82. The summed E-state index contributed by atoms with van der Waals surface area (Å²) < 4.78 is 5.33. The van der Waals surface area contributed by atoms with E-state index in [4.69, 9.17) is 4.74 Å². The molecule has 0 saturated carbocycles. The summed E-state index contributed by atoms with van der Waals surface area (Å²) >= 11 is 0. The van der Waals surface area contributed by atoms with Crippen LogP contribution in [0.5, 0.6) is 5.75 Å². The van der Waals surface area contributed by atoms with Crippen LogP contribution >= 0.6 is 0 Å². The molecule has 0 bridgehead atoms. The molecule has 0 saturated heterocycles. The van der Waals surface area contributed by atoms with Gasteiger partial charge in [0.15, 0.2) is 0 Å². The Kier molecular flexibility index (Phi) is 4.05. The van der Waals surface area contributed by atoms with Crippen LogP contribution in [0.25, 0.3) is 0 Å². The third-order valence-electron chi connectivity index (χ3n) is 2.00.